The smallest absolute Gasteiger partial charge is 0.331 e. The van der Waals surface area contributed by atoms with Crippen molar-refractivity contribution in [2.45, 2.75) is 12.0 Å². The number of esters is 2. The summed E-state index contributed by atoms with van der Waals surface area (Å²) in [6.45, 7) is 0.0745. The Kier molecular flexibility index (Phi) is 7.74. The number of halogens is 1. The van der Waals surface area contributed by atoms with E-state index in [-0.39, 0.29) is 19.2 Å². The van der Waals surface area contributed by atoms with E-state index in [0.717, 1.165) is 10.5 Å². The Hall–Kier alpha value is -4.51. The molecule has 3 aromatic rings. The fourth-order valence-electron chi connectivity index (χ4n) is 5.96. The predicted molar refractivity (Wildman–Crippen MR) is 155 cm³/mol. The summed E-state index contributed by atoms with van der Waals surface area (Å²) in [6.07, 6.45) is 1.40. The van der Waals surface area contributed by atoms with E-state index in [1.807, 2.05) is 0 Å². The molecule has 0 bridgehead atoms. The first kappa shape index (κ1) is 28.6. The van der Waals surface area contributed by atoms with Crippen LogP contribution in [0, 0.1) is 11.8 Å². The van der Waals surface area contributed by atoms with Gasteiger partial charge in [-0.15, -0.1) is 0 Å². The van der Waals surface area contributed by atoms with E-state index in [1.165, 1.54) is 27.4 Å². The van der Waals surface area contributed by atoms with Crippen molar-refractivity contribution >= 4 is 33.7 Å². The fraction of sp³-hybridized carbons (Fsp3) is 0.281. The molecule has 0 spiro atoms. The molecule has 0 N–H and O–H groups in total. The van der Waals surface area contributed by atoms with Crippen LogP contribution in [0.1, 0.15) is 39.1 Å². The number of carbonyl (C=O) groups excluding carboxylic acids is 3. The monoisotopic (exact) mass is 650 g/mol. The van der Waals surface area contributed by atoms with Gasteiger partial charge >= 0.3 is 11.9 Å². The highest BCUT2D eigenvalue weighted by Gasteiger charge is 2.54. The molecule has 0 unspecified atom stereocenters. The first-order valence-electron chi connectivity index (χ1n) is 13.4. The Labute approximate surface area is 255 Å². The Morgan fingerprint density at radius 1 is 0.860 bits per heavy atom. The van der Waals surface area contributed by atoms with E-state index in [4.69, 9.17) is 33.2 Å². The molecule has 3 aromatic carbocycles. The molecule has 4 atom stereocenters. The van der Waals surface area contributed by atoms with Crippen LogP contribution in [0.2, 0.25) is 0 Å². The van der Waals surface area contributed by atoms with Crippen LogP contribution < -0.4 is 23.7 Å². The van der Waals surface area contributed by atoms with Crippen LogP contribution >= 0.6 is 15.9 Å². The minimum absolute atomic E-state index is 0.0351. The van der Waals surface area contributed by atoms with Crippen LogP contribution in [-0.4, -0.2) is 52.5 Å². The molecule has 1 fully saturated rings. The van der Waals surface area contributed by atoms with E-state index in [2.05, 4.69) is 15.9 Å². The second-order valence-electron chi connectivity index (χ2n) is 10.2. The number of cyclic esters (lactones) is 1. The standard InChI is InChI=1S/C32H27BrO10/c1-37-25-10-17(11-26(38-2)31(25)39-3)28-19-12-23-24(42-15-41-23)13-20(19)30(21-14-40-32(36)29(21)28)43-27(35)9-8-22(34)16-4-6-18(33)7-5-16/h4-13,21,28-30H,14-15H2,1-3H3/b9-8+/t21-,28+,29-,30-/m0/s1. The van der Waals surface area contributed by atoms with Gasteiger partial charge in [0.2, 0.25) is 12.5 Å². The number of ketones is 1. The largest absolute Gasteiger partial charge is 0.493 e. The highest BCUT2D eigenvalue weighted by atomic mass is 79.9. The average Bonchev–Trinajstić information content (AvgIpc) is 3.64. The zero-order chi connectivity index (χ0) is 30.2. The number of carbonyl (C=O) groups is 3. The van der Waals surface area contributed by atoms with E-state index in [0.29, 0.717) is 51.0 Å². The molecule has 43 heavy (non-hydrogen) atoms. The molecule has 3 aliphatic rings. The summed E-state index contributed by atoms with van der Waals surface area (Å²) in [7, 11) is 4.55. The molecule has 6 rings (SSSR count). The van der Waals surface area contributed by atoms with E-state index in [1.54, 1.807) is 48.5 Å². The Balaban J connectivity index is 1.40. The number of methoxy groups -OCH3 is 3. The molecule has 11 heteroatoms. The third-order valence-electron chi connectivity index (χ3n) is 7.91. The lowest BCUT2D eigenvalue weighted by Crippen LogP contribution is -2.36. The second-order valence-corrected chi connectivity index (χ2v) is 11.1. The average molecular weight is 651 g/mol. The van der Waals surface area contributed by atoms with Crippen LogP contribution in [0.15, 0.2) is 65.2 Å². The molecule has 0 aromatic heterocycles. The van der Waals surface area contributed by atoms with Gasteiger partial charge in [-0.3, -0.25) is 9.59 Å². The molecule has 1 aliphatic carbocycles. The van der Waals surface area contributed by atoms with Gasteiger partial charge in [0.15, 0.2) is 28.8 Å². The van der Waals surface area contributed by atoms with Gasteiger partial charge in [-0.25, -0.2) is 4.79 Å². The van der Waals surface area contributed by atoms with Gasteiger partial charge in [0, 0.05) is 33.5 Å². The highest BCUT2D eigenvalue weighted by Crippen LogP contribution is 2.56. The van der Waals surface area contributed by atoms with E-state index < -0.39 is 35.8 Å². The number of benzene rings is 3. The number of ether oxygens (including phenoxy) is 7. The summed E-state index contributed by atoms with van der Waals surface area (Å²) < 4.78 is 40.4. The predicted octanol–water partition coefficient (Wildman–Crippen LogP) is 5.16. The number of allylic oxidation sites excluding steroid dienone is 1. The van der Waals surface area contributed by atoms with Crippen LogP contribution in [0.25, 0.3) is 0 Å². The maximum absolute atomic E-state index is 13.3. The van der Waals surface area contributed by atoms with Gasteiger partial charge in [-0.1, -0.05) is 15.9 Å². The van der Waals surface area contributed by atoms with Crippen LogP contribution in [0.5, 0.6) is 28.7 Å². The van der Waals surface area contributed by atoms with Crippen molar-refractivity contribution in [2.75, 3.05) is 34.7 Å². The molecular formula is C32H27BrO10. The Morgan fingerprint density at radius 3 is 2.14 bits per heavy atom. The van der Waals surface area contributed by atoms with Gasteiger partial charge < -0.3 is 33.2 Å². The molecule has 222 valence electrons. The van der Waals surface area contributed by atoms with Crippen LogP contribution in [0.3, 0.4) is 0 Å². The summed E-state index contributed by atoms with van der Waals surface area (Å²) in [5.41, 5.74) is 2.48. The molecule has 2 aliphatic heterocycles. The van der Waals surface area contributed by atoms with Crippen molar-refractivity contribution in [3.63, 3.8) is 0 Å². The van der Waals surface area contributed by atoms with Gasteiger partial charge in [-0.2, -0.15) is 0 Å². The van der Waals surface area contributed by atoms with Crippen molar-refractivity contribution < 1.29 is 47.5 Å². The van der Waals surface area contributed by atoms with Crippen LogP contribution in [0.4, 0.5) is 0 Å². The zero-order valence-corrected chi connectivity index (χ0v) is 25.0. The third-order valence-corrected chi connectivity index (χ3v) is 8.44. The topological polar surface area (TPSA) is 116 Å². The van der Waals surface area contributed by atoms with Crippen LogP contribution in [-0.2, 0) is 19.1 Å². The molecule has 10 nitrogen and oxygen atoms in total. The quantitative estimate of drug-likeness (QED) is 0.184. The summed E-state index contributed by atoms with van der Waals surface area (Å²) >= 11 is 3.34. The van der Waals surface area contributed by atoms with Crippen molar-refractivity contribution in [1.82, 2.24) is 0 Å². The lowest BCUT2D eigenvalue weighted by Gasteiger charge is -2.38. The highest BCUT2D eigenvalue weighted by molar-refractivity contribution is 9.10. The molecule has 0 radical (unpaired) electrons. The Bertz CT molecular complexity index is 1600. The summed E-state index contributed by atoms with van der Waals surface area (Å²) in [5.74, 6) is -0.994. The molecule has 0 amide bonds. The maximum atomic E-state index is 13.3. The SMILES string of the molecule is COc1cc([C@@H]2c3cc4c(cc3[C@H](OC(=O)/C=C/C(=O)c3ccc(Br)cc3)[C@H]3COC(=O)[C@H]23)OCO4)cc(OC)c1OC. The second kappa shape index (κ2) is 11.6. The molecule has 1 saturated heterocycles. The van der Waals surface area contributed by atoms with Crippen molar-refractivity contribution in [3.05, 3.63) is 87.4 Å². The molecular weight excluding hydrogens is 624 g/mol. The maximum Gasteiger partial charge on any atom is 0.331 e. The first-order valence-corrected chi connectivity index (χ1v) is 14.2. The zero-order valence-electron chi connectivity index (χ0n) is 23.5. The fourth-order valence-corrected chi connectivity index (χ4v) is 6.23. The van der Waals surface area contributed by atoms with E-state index in [9.17, 15) is 14.4 Å². The summed E-state index contributed by atoms with van der Waals surface area (Å²) in [4.78, 5) is 39.1. The van der Waals surface area contributed by atoms with Crippen molar-refractivity contribution in [2.24, 2.45) is 11.8 Å². The van der Waals surface area contributed by atoms with Gasteiger partial charge in [0.1, 0.15) is 6.10 Å². The number of fused-ring (bicyclic) bond motifs is 3. The lowest BCUT2D eigenvalue weighted by molar-refractivity contribution is -0.148. The lowest BCUT2D eigenvalue weighted by atomic mass is 9.66. The summed E-state index contributed by atoms with van der Waals surface area (Å²) in [5, 5.41) is 0. The van der Waals surface area contributed by atoms with E-state index >= 15 is 0 Å². The Morgan fingerprint density at radius 2 is 1.51 bits per heavy atom. The minimum atomic E-state index is -0.862. The number of hydrogen-bond acceptors (Lipinski definition) is 10. The van der Waals surface area contributed by atoms with Gasteiger partial charge in [-0.05, 0) is 65.7 Å². The number of hydrogen-bond donors (Lipinski definition) is 0. The third kappa shape index (κ3) is 5.18. The normalized spacial score (nSPS) is 21.5. The minimum Gasteiger partial charge on any atom is -0.493 e. The summed E-state index contributed by atoms with van der Waals surface area (Å²) in [6, 6.07) is 14.0. The molecule has 0 saturated carbocycles. The first-order chi connectivity index (χ1) is 20.8. The van der Waals surface area contributed by atoms with Crippen molar-refractivity contribution in [1.29, 1.82) is 0 Å². The van der Waals surface area contributed by atoms with Crippen molar-refractivity contribution in [3.8, 4) is 28.7 Å². The molecule has 2 heterocycles. The number of rotatable bonds is 8. The van der Waals surface area contributed by atoms with Gasteiger partial charge in [0.05, 0.1) is 33.9 Å². The van der Waals surface area contributed by atoms with Gasteiger partial charge in [0.25, 0.3) is 0 Å².